The molecule has 0 bridgehead atoms. The molecule has 2 rings (SSSR count). The lowest BCUT2D eigenvalue weighted by atomic mass is 10.1. The van der Waals surface area contributed by atoms with Crippen molar-refractivity contribution < 1.29 is 9.53 Å². The van der Waals surface area contributed by atoms with E-state index < -0.39 is 0 Å². The van der Waals surface area contributed by atoms with E-state index >= 15 is 0 Å². The zero-order valence-corrected chi connectivity index (χ0v) is 13.6. The Labute approximate surface area is 131 Å². The van der Waals surface area contributed by atoms with Crippen LogP contribution in [0.5, 0.6) is 0 Å². The van der Waals surface area contributed by atoms with Crippen LogP contribution in [0.2, 0.25) is 0 Å². The monoisotopic (exact) mass is 308 g/mol. The van der Waals surface area contributed by atoms with Crippen molar-refractivity contribution in [1.82, 2.24) is 9.80 Å². The van der Waals surface area contributed by atoms with Gasteiger partial charge in [0.05, 0.1) is 0 Å². The molecule has 4 nitrogen and oxygen atoms in total. The number of rotatable bonds is 6. The molecule has 2 heterocycles. The molecule has 0 unspecified atom stereocenters. The Morgan fingerprint density at radius 3 is 2.76 bits per heavy atom. The first-order valence-electron chi connectivity index (χ1n) is 7.41. The Morgan fingerprint density at radius 1 is 1.38 bits per heavy atom. The van der Waals surface area contributed by atoms with Crippen molar-refractivity contribution in [2.45, 2.75) is 18.9 Å². The summed E-state index contributed by atoms with van der Waals surface area (Å²) in [5, 5.41) is 2.02. The predicted octanol–water partition coefficient (Wildman–Crippen LogP) is 2.33. The highest BCUT2D eigenvalue weighted by atomic mass is 32.1. The van der Waals surface area contributed by atoms with Gasteiger partial charge in [-0.15, -0.1) is 11.3 Å². The standard InChI is InChI=1S/C16H24N2O2S/c1-17(2)9-10-18(14-7-11-20-12-8-14)16(19)6-5-15-4-3-13-21-15/h3-6,13-14H,7-12H2,1-2H3/b6-5+. The maximum absolute atomic E-state index is 12.5. The highest BCUT2D eigenvalue weighted by Gasteiger charge is 2.24. The SMILES string of the molecule is CN(C)CCN(C(=O)/C=C/c1cccs1)C1CCOCC1. The number of ether oxygens (including phenoxy) is 1. The van der Waals surface area contributed by atoms with Gasteiger partial charge in [-0.05, 0) is 44.5 Å². The van der Waals surface area contributed by atoms with Crippen LogP contribution in [0.4, 0.5) is 0 Å². The first-order valence-corrected chi connectivity index (χ1v) is 8.29. The zero-order valence-electron chi connectivity index (χ0n) is 12.8. The average molecular weight is 308 g/mol. The van der Waals surface area contributed by atoms with Crippen LogP contribution in [0.1, 0.15) is 17.7 Å². The minimum absolute atomic E-state index is 0.108. The molecular formula is C16H24N2O2S. The van der Waals surface area contributed by atoms with Crippen molar-refractivity contribution in [1.29, 1.82) is 0 Å². The van der Waals surface area contributed by atoms with E-state index in [2.05, 4.69) is 4.90 Å². The Bertz CT molecular complexity index is 451. The van der Waals surface area contributed by atoms with Crippen molar-refractivity contribution in [3.63, 3.8) is 0 Å². The summed E-state index contributed by atoms with van der Waals surface area (Å²) in [6.45, 7) is 3.16. The summed E-state index contributed by atoms with van der Waals surface area (Å²) in [5.41, 5.74) is 0. The number of nitrogens with zero attached hydrogens (tertiary/aromatic N) is 2. The normalized spacial score (nSPS) is 16.7. The molecule has 0 spiro atoms. The van der Waals surface area contributed by atoms with Gasteiger partial charge >= 0.3 is 0 Å². The molecule has 1 aromatic heterocycles. The number of hydrogen-bond acceptors (Lipinski definition) is 4. The minimum atomic E-state index is 0.108. The van der Waals surface area contributed by atoms with E-state index in [1.165, 1.54) is 0 Å². The number of hydrogen-bond donors (Lipinski definition) is 0. The molecular weight excluding hydrogens is 284 g/mol. The fourth-order valence-corrected chi connectivity index (χ4v) is 3.03. The van der Waals surface area contributed by atoms with Crippen LogP contribution in [0.15, 0.2) is 23.6 Å². The fourth-order valence-electron chi connectivity index (χ4n) is 2.41. The van der Waals surface area contributed by atoms with E-state index in [4.69, 9.17) is 4.74 Å². The number of carbonyl (C=O) groups excluding carboxylic acids is 1. The zero-order chi connectivity index (χ0) is 15.1. The molecule has 0 aliphatic carbocycles. The summed E-state index contributed by atoms with van der Waals surface area (Å²) < 4.78 is 5.41. The predicted molar refractivity (Wildman–Crippen MR) is 87.5 cm³/mol. The molecule has 1 aliphatic heterocycles. The molecule has 1 aromatic rings. The van der Waals surface area contributed by atoms with Gasteiger partial charge in [0.15, 0.2) is 0 Å². The van der Waals surface area contributed by atoms with E-state index in [-0.39, 0.29) is 5.91 Å². The molecule has 0 saturated carbocycles. The third-order valence-electron chi connectivity index (χ3n) is 3.64. The number of thiophene rings is 1. The van der Waals surface area contributed by atoms with Crippen molar-refractivity contribution >= 4 is 23.3 Å². The topological polar surface area (TPSA) is 32.8 Å². The smallest absolute Gasteiger partial charge is 0.246 e. The van der Waals surface area contributed by atoms with E-state index in [0.717, 1.165) is 44.0 Å². The fraction of sp³-hybridized carbons (Fsp3) is 0.562. The summed E-state index contributed by atoms with van der Waals surface area (Å²) in [7, 11) is 4.07. The first-order chi connectivity index (χ1) is 10.2. The van der Waals surface area contributed by atoms with Crippen LogP contribution in [0.3, 0.4) is 0 Å². The van der Waals surface area contributed by atoms with Gasteiger partial charge in [0, 0.05) is 43.3 Å². The third kappa shape index (κ3) is 5.26. The summed E-state index contributed by atoms with van der Waals surface area (Å²) in [6, 6.07) is 4.32. The summed E-state index contributed by atoms with van der Waals surface area (Å²) >= 11 is 1.64. The Morgan fingerprint density at radius 2 is 2.14 bits per heavy atom. The Hall–Kier alpha value is -1.17. The molecule has 0 aromatic carbocycles. The van der Waals surface area contributed by atoms with Crippen LogP contribution in [-0.2, 0) is 9.53 Å². The van der Waals surface area contributed by atoms with Crippen molar-refractivity contribution in [3.05, 3.63) is 28.5 Å². The lowest BCUT2D eigenvalue weighted by Gasteiger charge is -2.34. The second kappa shape index (κ2) is 8.32. The Kier molecular flexibility index (Phi) is 6.42. The van der Waals surface area contributed by atoms with Crippen molar-refractivity contribution in [3.8, 4) is 0 Å². The van der Waals surface area contributed by atoms with Crippen LogP contribution < -0.4 is 0 Å². The maximum Gasteiger partial charge on any atom is 0.246 e. The molecule has 5 heteroatoms. The van der Waals surface area contributed by atoms with Crippen LogP contribution in [0, 0.1) is 0 Å². The van der Waals surface area contributed by atoms with Crippen molar-refractivity contribution in [2.24, 2.45) is 0 Å². The summed E-state index contributed by atoms with van der Waals surface area (Å²) in [4.78, 5) is 17.8. The van der Waals surface area contributed by atoms with Crippen molar-refractivity contribution in [2.75, 3.05) is 40.4 Å². The van der Waals surface area contributed by atoms with Gasteiger partial charge in [0.25, 0.3) is 0 Å². The minimum Gasteiger partial charge on any atom is -0.381 e. The molecule has 1 aliphatic rings. The third-order valence-corrected chi connectivity index (χ3v) is 4.47. The molecule has 0 N–H and O–H groups in total. The molecule has 1 fully saturated rings. The molecule has 21 heavy (non-hydrogen) atoms. The second-order valence-corrected chi connectivity index (χ2v) is 6.51. The Balaban J connectivity index is 2.00. The van der Waals surface area contributed by atoms with Crippen LogP contribution in [0.25, 0.3) is 6.08 Å². The molecule has 0 atom stereocenters. The van der Waals surface area contributed by atoms with Gasteiger partial charge in [-0.25, -0.2) is 0 Å². The lowest BCUT2D eigenvalue weighted by Crippen LogP contribution is -2.45. The van der Waals surface area contributed by atoms with Gasteiger partial charge < -0.3 is 14.5 Å². The highest BCUT2D eigenvalue weighted by Crippen LogP contribution is 2.16. The molecule has 1 amide bonds. The maximum atomic E-state index is 12.5. The largest absolute Gasteiger partial charge is 0.381 e. The number of carbonyl (C=O) groups is 1. The average Bonchev–Trinajstić information content (AvgIpc) is 2.99. The second-order valence-electron chi connectivity index (χ2n) is 5.53. The summed E-state index contributed by atoms with van der Waals surface area (Å²) in [5.74, 6) is 0.108. The van der Waals surface area contributed by atoms with Gasteiger partial charge in [-0.2, -0.15) is 0 Å². The van der Waals surface area contributed by atoms with Gasteiger partial charge in [-0.1, -0.05) is 6.07 Å². The lowest BCUT2D eigenvalue weighted by molar-refractivity contribution is -0.130. The summed E-state index contributed by atoms with van der Waals surface area (Å²) in [6.07, 6.45) is 5.49. The highest BCUT2D eigenvalue weighted by molar-refractivity contribution is 7.10. The van der Waals surface area contributed by atoms with Crippen LogP contribution >= 0.6 is 11.3 Å². The van der Waals surface area contributed by atoms with E-state index in [9.17, 15) is 4.79 Å². The van der Waals surface area contributed by atoms with E-state index in [0.29, 0.717) is 6.04 Å². The van der Waals surface area contributed by atoms with E-state index in [1.807, 2.05) is 42.6 Å². The van der Waals surface area contributed by atoms with Gasteiger partial charge in [-0.3, -0.25) is 4.79 Å². The van der Waals surface area contributed by atoms with E-state index in [1.54, 1.807) is 17.4 Å². The number of likely N-dealkylation sites (N-methyl/N-ethyl adjacent to an activating group) is 1. The number of amides is 1. The quantitative estimate of drug-likeness (QED) is 0.756. The van der Waals surface area contributed by atoms with Gasteiger partial charge in [0.1, 0.15) is 0 Å². The van der Waals surface area contributed by atoms with Crippen LogP contribution in [-0.4, -0.2) is 62.1 Å². The molecule has 1 saturated heterocycles. The molecule has 116 valence electrons. The van der Waals surface area contributed by atoms with Gasteiger partial charge in [0.2, 0.25) is 5.91 Å². The first kappa shape index (κ1) is 16.2. The molecule has 0 radical (unpaired) electrons.